The molecule has 2 rings (SSSR count). The number of nitrogens with zero attached hydrogens (tertiary/aromatic N) is 1. The lowest BCUT2D eigenvalue weighted by atomic mass is 10.3. The second-order valence-corrected chi connectivity index (χ2v) is 2.91. The van der Waals surface area contributed by atoms with Gasteiger partial charge >= 0.3 is 0 Å². The number of aliphatic imine (C=N–C) groups is 1. The minimum absolute atomic E-state index is 0.513. The molecule has 1 unspecified atom stereocenters. The third kappa shape index (κ3) is 1.53. The summed E-state index contributed by atoms with van der Waals surface area (Å²) >= 11 is 0. The van der Waals surface area contributed by atoms with E-state index in [4.69, 9.17) is 0 Å². The maximum atomic E-state index is 4.26. The molecular weight excluding hydrogens is 138 g/mol. The van der Waals surface area contributed by atoms with Crippen molar-refractivity contribution in [3.05, 3.63) is 12.2 Å². The third-order valence-corrected chi connectivity index (χ3v) is 2.01. The van der Waals surface area contributed by atoms with Crippen LogP contribution in [0, 0.1) is 0 Å². The number of allylic oxidation sites excluding steroid dienone is 1. The summed E-state index contributed by atoms with van der Waals surface area (Å²) in [4.78, 5) is 4.26. The smallest absolute Gasteiger partial charge is 0.191 e. The molecule has 3 nitrogen and oxygen atoms in total. The quantitative estimate of drug-likeness (QED) is 0.527. The van der Waals surface area contributed by atoms with Crippen LogP contribution in [0.25, 0.3) is 0 Å². The average molecular weight is 151 g/mol. The van der Waals surface area contributed by atoms with Crippen molar-refractivity contribution in [2.75, 3.05) is 13.1 Å². The van der Waals surface area contributed by atoms with Crippen molar-refractivity contribution >= 4 is 5.96 Å². The van der Waals surface area contributed by atoms with Crippen LogP contribution in [0.5, 0.6) is 0 Å². The fourth-order valence-corrected chi connectivity index (χ4v) is 1.42. The molecule has 0 saturated heterocycles. The zero-order valence-electron chi connectivity index (χ0n) is 6.51. The first-order chi connectivity index (χ1) is 5.45. The summed E-state index contributed by atoms with van der Waals surface area (Å²) in [6.07, 6.45) is 6.83. The van der Waals surface area contributed by atoms with Gasteiger partial charge in [0.1, 0.15) is 0 Å². The molecule has 2 N–H and O–H groups in total. The van der Waals surface area contributed by atoms with E-state index >= 15 is 0 Å². The van der Waals surface area contributed by atoms with Crippen LogP contribution in [0.1, 0.15) is 12.8 Å². The van der Waals surface area contributed by atoms with Crippen molar-refractivity contribution in [3.8, 4) is 0 Å². The fraction of sp³-hybridized carbons (Fsp3) is 0.625. The highest BCUT2D eigenvalue weighted by molar-refractivity contribution is 5.81. The summed E-state index contributed by atoms with van der Waals surface area (Å²) in [5.74, 6) is 0.974. The van der Waals surface area contributed by atoms with Crippen molar-refractivity contribution in [1.82, 2.24) is 10.6 Å². The van der Waals surface area contributed by atoms with Crippen LogP contribution in [-0.2, 0) is 0 Å². The van der Waals surface area contributed by atoms with Crippen molar-refractivity contribution in [3.63, 3.8) is 0 Å². The van der Waals surface area contributed by atoms with Crippen LogP contribution in [-0.4, -0.2) is 25.1 Å². The standard InChI is InChI=1S/C8H13N3/c1-2-4-7(3-1)11-8-9-5-6-10-8/h1,3,7H,2,4-6H2,(H2,9,10,11). The maximum absolute atomic E-state index is 4.26. The number of rotatable bonds is 1. The van der Waals surface area contributed by atoms with E-state index in [0.29, 0.717) is 6.04 Å². The van der Waals surface area contributed by atoms with E-state index < -0.39 is 0 Å². The summed E-state index contributed by atoms with van der Waals surface area (Å²) in [5, 5.41) is 6.52. The molecule has 1 atom stereocenters. The zero-order valence-corrected chi connectivity index (χ0v) is 6.51. The molecule has 0 aromatic carbocycles. The van der Waals surface area contributed by atoms with Gasteiger partial charge in [0.05, 0.1) is 6.54 Å². The topological polar surface area (TPSA) is 36.4 Å². The SMILES string of the molecule is C1=CC(NC2=NCCN2)CC1. The monoisotopic (exact) mass is 151 g/mol. The van der Waals surface area contributed by atoms with Crippen LogP contribution in [0.4, 0.5) is 0 Å². The van der Waals surface area contributed by atoms with Crippen molar-refractivity contribution in [1.29, 1.82) is 0 Å². The second kappa shape index (κ2) is 2.95. The molecule has 1 aliphatic heterocycles. The van der Waals surface area contributed by atoms with Crippen LogP contribution < -0.4 is 10.6 Å². The summed E-state index contributed by atoms with van der Waals surface area (Å²) in [5.41, 5.74) is 0. The molecule has 1 aliphatic carbocycles. The van der Waals surface area contributed by atoms with E-state index in [1.807, 2.05) is 0 Å². The van der Waals surface area contributed by atoms with Crippen molar-refractivity contribution < 1.29 is 0 Å². The zero-order chi connectivity index (χ0) is 7.52. The van der Waals surface area contributed by atoms with E-state index in [-0.39, 0.29) is 0 Å². The lowest BCUT2D eigenvalue weighted by Crippen LogP contribution is -2.39. The summed E-state index contributed by atoms with van der Waals surface area (Å²) < 4.78 is 0. The van der Waals surface area contributed by atoms with Gasteiger partial charge in [-0.1, -0.05) is 12.2 Å². The van der Waals surface area contributed by atoms with E-state index in [9.17, 15) is 0 Å². The maximum Gasteiger partial charge on any atom is 0.191 e. The van der Waals surface area contributed by atoms with Gasteiger partial charge in [-0.2, -0.15) is 0 Å². The Hall–Kier alpha value is -0.990. The van der Waals surface area contributed by atoms with Gasteiger partial charge in [0.2, 0.25) is 0 Å². The Labute approximate surface area is 66.6 Å². The minimum Gasteiger partial charge on any atom is -0.355 e. The van der Waals surface area contributed by atoms with E-state index in [1.54, 1.807) is 0 Å². The van der Waals surface area contributed by atoms with Gasteiger partial charge < -0.3 is 10.6 Å². The Kier molecular flexibility index (Phi) is 1.79. The number of nitrogens with one attached hydrogen (secondary N) is 2. The molecule has 0 amide bonds. The van der Waals surface area contributed by atoms with Crippen molar-refractivity contribution in [2.24, 2.45) is 4.99 Å². The first-order valence-corrected chi connectivity index (χ1v) is 4.17. The molecule has 0 aromatic rings. The molecule has 0 spiro atoms. The average Bonchev–Trinajstić information content (AvgIpc) is 2.60. The second-order valence-electron chi connectivity index (χ2n) is 2.91. The molecule has 0 fully saturated rings. The highest BCUT2D eigenvalue weighted by Crippen LogP contribution is 2.08. The normalized spacial score (nSPS) is 28.4. The first kappa shape index (κ1) is 6.70. The van der Waals surface area contributed by atoms with Crippen LogP contribution in [0.2, 0.25) is 0 Å². The highest BCUT2D eigenvalue weighted by atomic mass is 15.2. The van der Waals surface area contributed by atoms with Gasteiger partial charge in [-0.15, -0.1) is 0 Å². The molecule has 2 aliphatic rings. The molecule has 0 bridgehead atoms. The molecule has 0 aromatic heterocycles. The van der Waals surface area contributed by atoms with Crippen LogP contribution in [0.3, 0.4) is 0 Å². The van der Waals surface area contributed by atoms with Crippen molar-refractivity contribution in [2.45, 2.75) is 18.9 Å². The molecule has 1 heterocycles. The Morgan fingerprint density at radius 2 is 2.64 bits per heavy atom. The van der Waals surface area contributed by atoms with Gasteiger partial charge in [-0.3, -0.25) is 4.99 Å². The Morgan fingerprint density at radius 3 is 3.27 bits per heavy atom. The first-order valence-electron chi connectivity index (χ1n) is 4.17. The molecule has 3 heteroatoms. The van der Waals surface area contributed by atoms with Gasteiger partial charge in [0.15, 0.2) is 5.96 Å². The molecule has 60 valence electrons. The van der Waals surface area contributed by atoms with Gasteiger partial charge in [-0.25, -0.2) is 0 Å². The molecular formula is C8H13N3. The number of hydrogen-bond acceptors (Lipinski definition) is 3. The fourth-order valence-electron chi connectivity index (χ4n) is 1.42. The van der Waals surface area contributed by atoms with Crippen LogP contribution in [0.15, 0.2) is 17.1 Å². The predicted octanol–water partition coefficient (Wildman–Crippen LogP) is 0.254. The minimum atomic E-state index is 0.513. The lowest BCUT2D eigenvalue weighted by Gasteiger charge is -2.11. The van der Waals surface area contributed by atoms with E-state index in [1.165, 1.54) is 12.8 Å². The van der Waals surface area contributed by atoms with Gasteiger partial charge in [-0.05, 0) is 12.8 Å². The Morgan fingerprint density at radius 1 is 1.64 bits per heavy atom. The van der Waals surface area contributed by atoms with Crippen LogP contribution >= 0.6 is 0 Å². The number of hydrogen-bond donors (Lipinski definition) is 2. The Bertz CT molecular complexity index is 196. The number of guanidine groups is 1. The summed E-state index contributed by atoms with van der Waals surface area (Å²) in [7, 11) is 0. The van der Waals surface area contributed by atoms with E-state index in [2.05, 4.69) is 27.8 Å². The molecule has 11 heavy (non-hydrogen) atoms. The Balaban J connectivity index is 1.84. The van der Waals surface area contributed by atoms with E-state index in [0.717, 1.165) is 19.0 Å². The van der Waals surface area contributed by atoms with Gasteiger partial charge in [0.25, 0.3) is 0 Å². The molecule has 0 saturated carbocycles. The van der Waals surface area contributed by atoms with Gasteiger partial charge in [0, 0.05) is 12.6 Å². The highest BCUT2D eigenvalue weighted by Gasteiger charge is 2.12. The molecule has 0 radical (unpaired) electrons. The lowest BCUT2D eigenvalue weighted by molar-refractivity contribution is 0.693. The largest absolute Gasteiger partial charge is 0.355 e. The summed E-state index contributed by atoms with van der Waals surface area (Å²) in [6.45, 7) is 1.90. The predicted molar refractivity (Wildman–Crippen MR) is 45.6 cm³/mol. The third-order valence-electron chi connectivity index (χ3n) is 2.01. The summed E-state index contributed by atoms with van der Waals surface area (Å²) in [6, 6.07) is 0.513.